The first kappa shape index (κ1) is 12.1. The highest BCUT2D eigenvalue weighted by Gasteiger charge is 1.99. The Morgan fingerprint density at radius 1 is 0.778 bits per heavy atom. The molecule has 0 aliphatic heterocycles. The fourth-order valence-electron chi connectivity index (χ4n) is 1.41. The summed E-state index contributed by atoms with van der Waals surface area (Å²) in [5.74, 6) is 0. The van der Waals surface area contributed by atoms with E-state index in [9.17, 15) is 0 Å². The largest absolute Gasteiger partial charge is 0.255 e. The Hall–Kier alpha value is -2.36. The first-order valence-corrected chi connectivity index (χ1v) is 5.69. The van der Waals surface area contributed by atoms with Gasteiger partial charge in [0.05, 0.1) is 22.8 Å². The van der Waals surface area contributed by atoms with E-state index in [-0.39, 0.29) is 0 Å². The van der Waals surface area contributed by atoms with Gasteiger partial charge in [0.15, 0.2) is 0 Å². The lowest BCUT2D eigenvalue weighted by Crippen LogP contribution is -2.00. The Bertz CT molecular complexity index is 505. The average Bonchev–Trinajstić information content (AvgIpc) is 2.46. The number of hydrogen-bond acceptors (Lipinski definition) is 4. The van der Waals surface area contributed by atoms with Crippen molar-refractivity contribution in [3.05, 3.63) is 60.2 Å². The van der Waals surface area contributed by atoms with E-state index in [1.54, 1.807) is 12.4 Å². The van der Waals surface area contributed by atoms with E-state index >= 15 is 0 Å². The minimum atomic E-state index is 0.783. The third-order valence-corrected chi connectivity index (χ3v) is 2.42. The fraction of sp³-hybridized carbons (Fsp3) is 0.143. The van der Waals surface area contributed by atoms with Crippen molar-refractivity contribution in [1.29, 1.82) is 0 Å². The molecule has 0 atom stereocenters. The molecule has 0 saturated heterocycles. The average molecular weight is 238 g/mol. The zero-order valence-electron chi connectivity index (χ0n) is 10.4. The number of pyridine rings is 2. The minimum absolute atomic E-state index is 0.783. The molecule has 2 rings (SSSR count). The quantitative estimate of drug-likeness (QED) is 0.609. The Balaban J connectivity index is 2.20. The predicted molar refractivity (Wildman–Crippen MR) is 72.9 cm³/mol. The molecule has 2 heterocycles. The topological polar surface area (TPSA) is 50.5 Å². The van der Waals surface area contributed by atoms with Gasteiger partial charge in [0.25, 0.3) is 0 Å². The summed E-state index contributed by atoms with van der Waals surface area (Å²) in [4.78, 5) is 8.43. The molecule has 0 radical (unpaired) electrons. The molecule has 90 valence electrons. The molecule has 18 heavy (non-hydrogen) atoms. The highest BCUT2D eigenvalue weighted by atomic mass is 15.2. The van der Waals surface area contributed by atoms with Gasteiger partial charge in [-0.05, 0) is 38.1 Å². The Labute approximate surface area is 106 Å². The summed E-state index contributed by atoms with van der Waals surface area (Å²) >= 11 is 0. The number of aromatic nitrogens is 2. The molecule has 0 unspecified atom stereocenters. The van der Waals surface area contributed by atoms with Gasteiger partial charge in [-0.1, -0.05) is 12.1 Å². The summed E-state index contributed by atoms with van der Waals surface area (Å²) in [7, 11) is 0. The fourth-order valence-corrected chi connectivity index (χ4v) is 1.41. The maximum atomic E-state index is 4.21. The van der Waals surface area contributed by atoms with Crippen LogP contribution in [0.4, 0.5) is 0 Å². The summed E-state index contributed by atoms with van der Waals surface area (Å²) in [5.41, 5.74) is 3.22. The van der Waals surface area contributed by atoms with Gasteiger partial charge >= 0.3 is 0 Å². The van der Waals surface area contributed by atoms with Crippen molar-refractivity contribution in [3.63, 3.8) is 0 Å². The molecule has 4 nitrogen and oxygen atoms in total. The van der Waals surface area contributed by atoms with Gasteiger partial charge in [-0.25, -0.2) is 0 Å². The van der Waals surface area contributed by atoms with Crippen LogP contribution in [0.5, 0.6) is 0 Å². The summed E-state index contributed by atoms with van der Waals surface area (Å²) in [5, 5.41) is 8.35. The molecular formula is C14H14N4. The van der Waals surface area contributed by atoms with Gasteiger partial charge in [0, 0.05) is 12.4 Å². The van der Waals surface area contributed by atoms with E-state index in [4.69, 9.17) is 0 Å². The van der Waals surface area contributed by atoms with Crippen molar-refractivity contribution in [2.75, 3.05) is 0 Å². The SMILES string of the molecule is CC(=N/N=C(\C)c1ccccn1)c1ccccn1. The van der Waals surface area contributed by atoms with E-state index in [1.165, 1.54) is 0 Å². The highest BCUT2D eigenvalue weighted by molar-refractivity contribution is 5.99. The van der Waals surface area contributed by atoms with E-state index in [1.807, 2.05) is 50.2 Å². The molecule has 0 spiro atoms. The first-order chi connectivity index (χ1) is 8.77. The van der Waals surface area contributed by atoms with Gasteiger partial charge in [0.1, 0.15) is 0 Å². The normalized spacial score (nSPS) is 12.6. The van der Waals surface area contributed by atoms with Crippen LogP contribution < -0.4 is 0 Å². The first-order valence-electron chi connectivity index (χ1n) is 5.69. The maximum Gasteiger partial charge on any atom is 0.0860 e. The Kier molecular flexibility index (Phi) is 3.91. The van der Waals surface area contributed by atoms with Crippen molar-refractivity contribution in [3.8, 4) is 0 Å². The molecule has 2 aromatic heterocycles. The molecule has 0 amide bonds. The Morgan fingerprint density at radius 3 is 1.56 bits per heavy atom. The number of rotatable bonds is 3. The monoisotopic (exact) mass is 238 g/mol. The van der Waals surface area contributed by atoms with E-state index in [0.29, 0.717) is 0 Å². The van der Waals surface area contributed by atoms with Gasteiger partial charge in [-0.3, -0.25) is 9.97 Å². The molecule has 4 heteroatoms. The van der Waals surface area contributed by atoms with E-state index in [2.05, 4.69) is 20.2 Å². The lowest BCUT2D eigenvalue weighted by molar-refractivity contribution is 1.17. The number of hydrogen-bond donors (Lipinski definition) is 0. The van der Waals surface area contributed by atoms with Crippen LogP contribution in [0, 0.1) is 0 Å². The van der Waals surface area contributed by atoms with Crippen molar-refractivity contribution in [2.24, 2.45) is 10.2 Å². The second-order valence-electron chi connectivity index (χ2n) is 3.80. The predicted octanol–water partition coefficient (Wildman–Crippen LogP) is 2.71. The second-order valence-corrected chi connectivity index (χ2v) is 3.80. The van der Waals surface area contributed by atoms with Crippen LogP contribution in [0.2, 0.25) is 0 Å². The zero-order valence-corrected chi connectivity index (χ0v) is 10.4. The smallest absolute Gasteiger partial charge is 0.0860 e. The molecule has 0 N–H and O–H groups in total. The van der Waals surface area contributed by atoms with Crippen molar-refractivity contribution < 1.29 is 0 Å². The van der Waals surface area contributed by atoms with Gasteiger partial charge in [-0.15, -0.1) is 0 Å². The molecule has 0 saturated carbocycles. The molecule has 0 aromatic carbocycles. The third kappa shape index (κ3) is 3.07. The van der Waals surface area contributed by atoms with Crippen LogP contribution in [0.3, 0.4) is 0 Å². The lowest BCUT2D eigenvalue weighted by Gasteiger charge is -1.98. The third-order valence-electron chi connectivity index (χ3n) is 2.42. The van der Waals surface area contributed by atoms with Crippen LogP contribution in [0.15, 0.2) is 59.0 Å². The van der Waals surface area contributed by atoms with Crippen LogP contribution in [0.1, 0.15) is 25.2 Å². The second kappa shape index (κ2) is 5.82. The van der Waals surface area contributed by atoms with Crippen LogP contribution in [0.25, 0.3) is 0 Å². The highest BCUT2D eigenvalue weighted by Crippen LogP contribution is 2.00. The standard InChI is InChI=1S/C14H14N4/c1-11(13-7-3-5-9-15-13)17-18-12(2)14-8-4-6-10-16-14/h3-10H,1-2H3/b17-11+,18-12?. The summed E-state index contributed by atoms with van der Waals surface area (Å²) < 4.78 is 0. The van der Waals surface area contributed by atoms with Crippen LogP contribution in [-0.4, -0.2) is 21.4 Å². The molecule has 0 fully saturated rings. The van der Waals surface area contributed by atoms with E-state index in [0.717, 1.165) is 22.8 Å². The molecule has 0 aliphatic carbocycles. The van der Waals surface area contributed by atoms with Crippen LogP contribution in [-0.2, 0) is 0 Å². The maximum absolute atomic E-state index is 4.21. The van der Waals surface area contributed by atoms with Gasteiger partial charge in [0.2, 0.25) is 0 Å². The molecule has 2 aromatic rings. The van der Waals surface area contributed by atoms with Gasteiger partial charge in [-0.2, -0.15) is 10.2 Å². The molecular weight excluding hydrogens is 224 g/mol. The summed E-state index contributed by atoms with van der Waals surface area (Å²) in [6.07, 6.45) is 3.48. The van der Waals surface area contributed by atoms with Crippen molar-refractivity contribution in [2.45, 2.75) is 13.8 Å². The zero-order chi connectivity index (χ0) is 12.8. The molecule has 0 aliphatic rings. The molecule has 0 bridgehead atoms. The van der Waals surface area contributed by atoms with E-state index < -0.39 is 0 Å². The van der Waals surface area contributed by atoms with Gasteiger partial charge < -0.3 is 0 Å². The minimum Gasteiger partial charge on any atom is -0.255 e. The number of nitrogens with zero attached hydrogens (tertiary/aromatic N) is 4. The summed E-state index contributed by atoms with van der Waals surface area (Å²) in [6.45, 7) is 3.77. The van der Waals surface area contributed by atoms with Crippen molar-refractivity contribution in [1.82, 2.24) is 9.97 Å². The Morgan fingerprint density at radius 2 is 1.22 bits per heavy atom. The summed E-state index contributed by atoms with van der Waals surface area (Å²) in [6, 6.07) is 11.4. The van der Waals surface area contributed by atoms with Crippen molar-refractivity contribution >= 4 is 11.4 Å². The lowest BCUT2D eigenvalue weighted by atomic mass is 10.2. The van der Waals surface area contributed by atoms with Crippen LogP contribution >= 0.6 is 0 Å².